The molecule has 1 fully saturated rings. The maximum Gasteiger partial charge on any atom is 0.191 e. The fourth-order valence-electron chi connectivity index (χ4n) is 3.51. The number of aliphatic imine (C=N–C) groups is 1. The molecule has 28 heavy (non-hydrogen) atoms. The molecule has 168 valence electrons. The van der Waals surface area contributed by atoms with Crippen molar-refractivity contribution < 1.29 is 13.2 Å². The van der Waals surface area contributed by atoms with E-state index in [1.54, 1.807) is 0 Å². The van der Waals surface area contributed by atoms with E-state index >= 15 is 0 Å². The van der Waals surface area contributed by atoms with Crippen LogP contribution in [0.5, 0.6) is 0 Å². The van der Waals surface area contributed by atoms with Gasteiger partial charge in [-0.25, -0.2) is 8.42 Å². The number of hydrogen-bond acceptors (Lipinski definition) is 5. The van der Waals surface area contributed by atoms with Gasteiger partial charge >= 0.3 is 0 Å². The smallest absolute Gasteiger partial charge is 0.191 e. The summed E-state index contributed by atoms with van der Waals surface area (Å²) >= 11 is 0. The first-order valence-corrected chi connectivity index (χ1v) is 12.4. The molecule has 1 aliphatic rings. The van der Waals surface area contributed by atoms with E-state index in [2.05, 4.69) is 29.4 Å². The number of sulfone groups is 1. The third-order valence-corrected chi connectivity index (χ3v) is 6.17. The van der Waals surface area contributed by atoms with Crippen molar-refractivity contribution in [2.45, 2.75) is 59.0 Å². The zero-order chi connectivity index (χ0) is 20.3. The summed E-state index contributed by atoms with van der Waals surface area (Å²) < 4.78 is 28.3. The molecule has 0 aromatic rings. The average Bonchev–Trinajstić information content (AvgIpc) is 2.63. The van der Waals surface area contributed by atoms with Crippen molar-refractivity contribution in [1.82, 2.24) is 15.5 Å². The molecule has 7 nitrogen and oxygen atoms in total. The number of halogens is 1. The summed E-state index contributed by atoms with van der Waals surface area (Å²) in [6, 6.07) is 0.457. The van der Waals surface area contributed by atoms with Crippen LogP contribution in [-0.4, -0.2) is 82.8 Å². The van der Waals surface area contributed by atoms with Crippen molar-refractivity contribution in [3.63, 3.8) is 0 Å². The first-order valence-electron chi connectivity index (χ1n) is 10.3. The van der Waals surface area contributed by atoms with Gasteiger partial charge in [0.25, 0.3) is 0 Å². The van der Waals surface area contributed by atoms with E-state index in [0.29, 0.717) is 18.4 Å². The van der Waals surface area contributed by atoms with Crippen molar-refractivity contribution in [3.05, 3.63) is 0 Å². The summed E-state index contributed by atoms with van der Waals surface area (Å²) in [7, 11) is -2.94. The molecule has 1 heterocycles. The lowest BCUT2D eigenvalue weighted by Gasteiger charge is -2.38. The van der Waals surface area contributed by atoms with E-state index in [4.69, 9.17) is 9.73 Å². The van der Waals surface area contributed by atoms with E-state index in [9.17, 15) is 8.42 Å². The zero-order valence-corrected chi connectivity index (χ0v) is 21.4. The van der Waals surface area contributed by atoms with Crippen LogP contribution in [0.25, 0.3) is 0 Å². The minimum atomic E-state index is -2.94. The molecule has 2 N–H and O–H groups in total. The molecule has 0 saturated carbocycles. The fraction of sp³-hybridized carbons (Fsp3) is 0.947. The van der Waals surface area contributed by atoms with Gasteiger partial charge in [0.15, 0.2) is 5.96 Å². The number of hydrogen-bond donors (Lipinski definition) is 2. The van der Waals surface area contributed by atoms with Crippen molar-refractivity contribution in [3.8, 4) is 0 Å². The Hall–Kier alpha value is -0.130. The van der Waals surface area contributed by atoms with Gasteiger partial charge in [-0.1, -0.05) is 26.7 Å². The van der Waals surface area contributed by atoms with Crippen LogP contribution in [0.15, 0.2) is 4.99 Å². The van der Waals surface area contributed by atoms with Gasteiger partial charge in [0.2, 0.25) is 0 Å². The molecule has 0 aromatic carbocycles. The van der Waals surface area contributed by atoms with Crippen LogP contribution in [0.3, 0.4) is 0 Å². The summed E-state index contributed by atoms with van der Waals surface area (Å²) in [4.78, 5) is 7.37. The predicted octanol–water partition coefficient (Wildman–Crippen LogP) is 2.12. The summed E-state index contributed by atoms with van der Waals surface area (Å²) in [5.41, 5.74) is 0. The van der Waals surface area contributed by atoms with Gasteiger partial charge in [-0.3, -0.25) is 9.89 Å². The standard InChI is InChI=1S/C19H40N4O3S.HI/c1-6-17(7-2)18(23-10-12-26-13-11-23)15-21-19(20-8-3)22-16(4)9-14-27(5,24)25;/h16-18H,6-15H2,1-5H3,(H2,20,21,22);1H. The normalized spacial score (nSPS) is 18.4. The molecular formula is C19H41IN4O3S. The number of ether oxygens (including phenoxy) is 1. The van der Waals surface area contributed by atoms with Crippen LogP contribution >= 0.6 is 24.0 Å². The van der Waals surface area contributed by atoms with E-state index in [1.807, 2.05) is 13.8 Å². The number of nitrogens with zero attached hydrogens (tertiary/aromatic N) is 2. The Morgan fingerprint density at radius 1 is 1.18 bits per heavy atom. The van der Waals surface area contributed by atoms with E-state index < -0.39 is 9.84 Å². The van der Waals surface area contributed by atoms with Gasteiger partial charge in [-0.15, -0.1) is 24.0 Å². The van der Waals surface area contributed by atoms with Crippen LogP contribution in [-0.2, 0) is 14.6 Å². The molecule has 9 heteroatoms. The van der Waals surface area contributed by atoms with Crippen LogP contribution in [0.4, 0.5) is 0 Å². The fourth-order valence-corrected chi connectivity index (χ4v) is 4.29. The van der Waals surface area contributed by atoms with Gasteiger partial charge in [0, 0.05) is 38.0 Å². The van der Waals surface area contributed by atoms with Crippen molar-refractivity contribution in [2.75, 3.05) is 51.4 Å². The maximum absolute atomic E-state index is 11.4. The van der Waals surface area contributed by atoms with Gasteiger partial charge in [0.1, 0.15) is 9.84 Å². The van der Waals surface area contributed by atoms with E-state index in [1.165, 1.54) is 6.26 Å². The third kappa shape index (κ3) is 11.2. The SMILES string of the molecule is CCNC(=NCC(C(CC)CC)N1CCOCC1)NC(C)CCS(C)(=O)=O.I. The molecule has 2 unspecified atom stereocenters. The van der Waals surface area contributed by atoms with Gasteiger partial charge in [-0.2, -0.15) is 0 Å². The molecule has 0 spiro atoms. The predicted molar refractivity (Wildman–Crippen MR) is 129 cm³/mol. The molecule has 1 saturated heterocycles. The second-order valence-corrected chi connectivity index (χ2v) is 9.74. The Balaban J connectivity index is 0.00000729. The van der Waals surface area contributed by atoms with Crippen molar-refractivity contribution in [1.29, 1.82) is 0 Å². The molecule has 1 rings (SSSR count). The highest BCUT2D eigenvalue weighted by molar-refractivity contribution is 14.0. The molecule has 0 aliphatic carbocycles. The van der Waals surface area contributed by atoms with Crippen molar-refractivity contribution >= 4 is 39.8 Å². The van der Waals surface area contributed by atoms with Gasteiger partial charge < -0.3 is 15.4 Å². The molecule has 1 aliphatic heterocycles. The number of nitrogens with one attached hydrogen (secondary N) is 2. The molecule has 0 radical (unpaired) electrons. The third-order valence-electron chi connectivity index (χ3n) is 5.19. The van der Waals surface area contributed by atoms with E-state index in [-0.39, 0.29) is 35.8 Å². The van der Waals surface area contributed by atoms with E-state index in [0.717, 1.165) is 58.2 Å². The Morgan fingerprint density at radius 3 is 2.29 bits per heavy atom. The summed E-state index contributed by atoms with van der Waals surface area (Å²) in [6.07, 6.45) is 4.13. The highest BCUT2D eigenvalue weighted by Crippen LogP contribution is 2.20. The molecule has 0 bridgehead atoms. The summed E-state index contributed by atoms with van der Waals surface area (Å²) in [6.45, 7) is 13.6. The van der Waals surface area contributed by atoms with Crippen LogP contribution < -0.4 is 10.6 Å². The lowest BCUT2D eigenvalue weighted by atomic mass is 9.92. The van der Waals surface area contributed by atoms with Crippen LogP contribution in [0.2, 0.25) is 0 Å². The Labute approximate surface area is 189 Å². The highest BCUT2D eigenvalue weighted by Gasteiger charge is 2.26. The largest absolute Gasteiger partial charge is 0.379 e. The van der Waals surface area contributed by atoms with Gasteiger partial charge in [-0.05, 0) is 26.2 Å². The molecule has 2 atom stereocenters. The maximum atomic E-state index is 11.4. The van der Waals surface area contributed by atoms with Crippen molar-refractivity contribution in [2.24, 2.45) is 10.9 Å². The second kappa shape index (κ2) is 14.8. The number of morpholine rings is 1. The highest BCUT2D eigenvalue weighted by atomic mass is 127. The first kappa shape index (κ1) is 27.9. The topological polar surface area (TPSA) is 83.0 Å². The first-order chi connectivity index (χ1) is 12.8. The molecule has 0 aromatic heterocycles. The number of rotatable bonds is 11. The minimum Gasteiger partial charge on any atom is -0.379 e. The minimum absolute atomic E-state index is 0. The molecular weight excluding hydrogens is 491 g/mol. The average molecular weight is 533 g/mol. The molecule has 0 amide bonds. The summed E-state index contributed by atoms with van der Waals surface area (Å²) in [5.74, 6) is 1.56. The van der Waals surface area contributed by atoms with Crippen LogP contribution in [0, 0.1) is 5.92 Å². The lowest BCUT2D eigenvalue weighted by Crippen LogP contribution is -2.49. The zero-order valence-electron chi connectivity index (χ0n) is 18.2. The summed E-state index contributed by atoms with van der Waals surface area (Å²) in [5, 5.41) is 6.65. The number of guanidine groups is 1. The monoisotopic (exact) mass is 532 g/mol. The quantitative estimate of drug-likeness (QED) is 0.241. The lowest BCUT2D eigenvalue weighted by molar-refractivity contribution is 0.00395. The van der Waals surface area contributed by atoms with Crippen LogP contribution in [0.1, 0.15) is 47.0 Å². The Morgan fingerprint density at radius 2 is 1.79 bits per heavy atom. The second-order valence-electron chi connectivity index (χ2n) is 7.48. The Bertz CT molecular complexity index is 535. The van der Waals surface area contributed by atoms with Gasteiger partial charge in [0.05, 0.1) is 25.5 Å². The Kier molecular flexibility index (Phi) is 14.7.